The number of rotatable bonds is 3. The van der Waals surface area contributed by atoms with Gasteiger partial charge >= 0.3 is 0 Å². The first-order valence-electron chi connectivity index (χ1n) is 6.37. The molecule has 1 saturated heterocycles. The summed E-state index contributed by atoms with van der Waals surface area (Å²) in [4.78, 5) is 2.19. The van der Waals surface area contributed by atoms with E-state index >= 15 is 0 Å². The van der Waals surface area contributed by atoms with Gasteiger partial charge in [0.05, 0.1) is 6.04 Å². The predicted molar refractivity (Wildman–Crippen MR) is 68.2 cm³/mol. The van der Waals surface area contributed by atoms with Crippen LogP contribution in [0.5, 0.6) is 0 Å². The average molecular weight is 254 g/mol. The topological polar surface area (TPSA) is 29.3 Å². The largest absolute Gasteiger partial charge is 0.329 e. The summed E-state index contributed by atoms with van der Waals surface area (Å²) in [6.07, 6.45) is 2.13. The third-order valence-electron chi connectivity index (χ3n) is 3.88. The molecule has 0 spiro atoms. The molecule has 1 heterocycles. The Kier molecular flexibility index (Phi) is 3.69. The molecular weight excluding hydrogens is 234 g/mol. The summed E-state index contributed by atoms with van der Waals surface area (Å²) in [5, 5.41) is 0. The third kappa shape index (κ3) is 2.40. The maximum Gasteiger partial charge on any atom is 0.128 e. The number of nitrogens with zero attached hydrogens (tertiary/aromatic N) is 1. The average Bonchev–Trinajstić information content (AvgIpc) is 2.65. The summed E-state index contributed by atoms with van der Waals surface area (Å²) in [6, 6.07) is 3.33. The first-order chi connectivity index (χ1) is 8.45. The van der Waals surface area contributed by atoms with Gasteiger partial charge in [0.2, 0.25) is 0 Å². The molecule has 4 heteroatoms. The molecule has 2 N–H and O–H groups in total. The van der Waals surface area contributed by atoms with E-state index in [2.05, 4.69) is 18.7 Å². The highest BCUT2D eigenvalue weighted by Gasteiger charge is 2.37. The van der Waals surface area contributed by atoms with E-state index in [1.54, 1.807) is 0 Å². The van der Waals surface area contributed by atoms with Gasteiger partial charge in [0.15, 0.2) is 0 Å². The number of likely N-dealkylation sites (tertiary alicyclic amines) is 1. The van der Waals surface area contributed by atoms with Crippen LogP contribution in [0, 0.1) is 11.6 Å². The van der Waals surface area contributed by atoms with Crippen LogP contribution in [-0.2, 0) is 0 Å². The van der Waals surface area contributed by atoms with Gasteiger partial charge in [-0.05, 0) is 51.4 Å². The van der Waals surface area contributed by atoms with Gasteiger partial charge in [0.25, 0.3) is 0 Å². The number of benzene rings is 1. The fourth-order valence-electron chi connectivity index (χ4n) is 2.90. The Balaban J connectivity index is 2.36. The predicted octanol–water partition coefficient (Wildman–Crippen LogP) is 2.84. The molecule has 1 aromatic rings. The Morgan fingerprint density at radius 3 is 2.67 bits per heavy atom. The quantitative estimate of drug-likeness (QED) is 0.898. The van der Waals surface area contributed by atoms with Gasteiger partial charge < -0.3 is 5.73 Å². The maximum absolute atomic E-state index is 13.9. The van der Waals surface area contributed by atoms with Crippen LogP contribution in [-0.4, -0.2) is 23.5 Å². The Morgan fingerprint density at radius 1 is 1.39 bits per heavy atom. The molecule has 1 atom stereocenters. The molecule has 1 unspecified atom stereocenters. The van der Waals surface area contributed by atoms with E-state index in [0.717, 1.165) is 25.5 Å². The first kappa shape index (κ1) is 13.4. The lowest BCUT2D eigenvalue weighted by molar-refractivity contribution is 0.116. The molecule has 18 heavy (non-hydrogen) atoms. The van der Waals surface area contributed by atoms with E-state index in [1.807, 2.05) is 0 Å². The molecule has 1 fully saturated rings. The van der Waals surface area contributed by atoms with Gasteiger partial charge in [-0.25, -0.2) is 8.78 Å². The van der Waals surface area contributed by atoms with E-state index < -0.39 is 5.82 Å². The summed E-state index contributed by atoms with van der Waals surface area (Å²) in [7, 11) is 0. The Hall–Kier alpha value is -1.00. The molecule has 0 bridgehead atoms. The van der Waals surface area contributed by atoms with Crippen molar-refractivity contribution < 1.29 is 8.78 Å². The number of hydrogen-bond acceptors (Lipinski definition) is 2. The second kappa shape index (κ2) is 4.94. The third-order valence-corrected chi connectivity index (χ3v) is 3.88. The smallest absolute Gasteiger partial charge is 0.128 e. The highest BCUT2D eigenvalue weighted by Crippen LogP contribution is 2.36. The Morgan fingerprint density at radius 2 is 2.11 bits per heavy atom. The molecule has 0 amide bonds. The molecule has 0 saturated carbocycles. The van der Waals surface area contributed by atoms with Crippen molar-refractivity contribution in [3.05, 3.63) is 35.4 Å². The van der Waals surface area contributed by atoms with Gasteiger partial charge in [-0.2, -0.15) is 0 Å². The van der Waals surface area contributed by atoms with Crippen LogP contribution in [0.2, 0.25) is 0 Å². The van der Waals surface area contributed by atoms with Crippen LogP contribution in [0.25, 0.3) is 0 Å². The Bertz CT molecular complexity index is 432. The van der Waals surface area contributed by atoms with Crippen molar-refractivity contribution in [3.8, 4) is 0 Å². The highest BCUT2D eigenvalue weighted by atomic mass is 19.1. The molecule has 2 nitrogen and oxygen atoms in total. The van der Waals surface area contributed by atoms with Crippen molar-refractivity contribution in [1.29, 1.82) is 0 Å². The molecule has 100 valence electrons. The second-order valence-corrected chi connectivity index (χ2v) is 5.53. The van der Waals surface area contributed by atoms with Gasteiger partial charge in [-0.3, -0.25) is 4.90 Å². The fraction of sp³-hybridized carbons (Fsp3) is 0.571. The van der Waals surface area contributed by atoms with Gasteiger partial charge in [-0.1, -0.05) is 0 Å². The van der Waals surface area contributed by atoms with E-state index in [1.165, 1.54) is 12.1 Å². The minimum Gasteiger partial charge on any atom is -0.329 e. The van der Waals surface area contributed by atoms with Crippen LogP contribution in [0.1, 0.15) is 38.3 Å². The lowest BCUT2D eigenvalue weighted by atomic mass is 9.97. The summed E-state index contributed by atoms with van der Waals surface area (Å²) in [5.41, 5.74) is 6.15. The molecule has 1 aliphatic heterocycles. The standard InChI is InChI=1S/C14H20F2N2/c1-14(2)6-3-7-18(14)13(9-17)11-8-10(15)4-5-12(11)16/h4-5,8,13H,3,6-7,9,17H2,1-2H3. The summed E-state index contributed by atoms with van der Waals surface area (Å²) in [5.74, 6) is -0.795. The zero-order valence-electron chi connectivity index (χ0n) is 10.9. The van der Waals surface area contributed by atoms with Crippen molar-refractivity contribution in [1.82, 2.24) is 4.90 Å². The molecule has 2 rings (SSSR count). The number of nitrogens with two attached hydrogens (primary N) is 1. The first-order valence-corrected chi connectivity index (χ1v) is 6.37. The molecule has 0 aliphatic carbocycles. The molecule has 0 radical (unpaired) electrons. The minimum atomic E-state index is -0.415. The Labute approximate surface area is 107 Å². The summed E-state index contributed by atoms with van der Waals surface area (Å²) >= 11 is 0. The SMILES string of the molecule is CC1(C)CCCN1C(CN)c1cc(F)ccc1F. The lowest BCUT2D eigenvalue weighted by Gasteiger charge is -2.38. The summed E-state index contributed by atoms with van der Waals surface area (Å²) in [6.45, 7) is 5.42. The van der Waals surface area contributed by atoms with Crippen molar-refractivity contribution >= 4 is 0 Å². The zero-order chi connectivity index (χ0) is 13.3. The van der Waals surface area contributed by atoms with Crippen molar-refractivity contribution in [3.63, 3.8) is 0 Å². The monoisotopic (exact) mass is 254 g/mol. The molecule has 1 aliphatic rings. The van der Waals surface area contributed by atoms with Crippen molar-refractivity contribution in [2.45, 2.75) is 38.3 Å². The second-order valence-electron chi connectivity index (χ2n) is 5.53. The fourth-order valence-corrected chi connectivity index (χ4v) is 2.90. The van der Waals surface area contributed by atoms with Gasteiger partial charge in [0.1, 0.15) is 11.6 Å². The van der Waals surface area contributed by atoms with Crippen molar-refractivity contribution in [2.24, 2.45) is 5.73 Å². The summed E-state index contributed by atoms with van der Waals surface area (Å²) < 4.78 is 27.2. The number of hydrogen-bond donors (Lipinski definition) is 1. The normalized spacial score (nSPS) is 21.2. The van der Waals surface area contributed by atoms with E-state index in [0.29, 0.717) is 12.1 Å². The van der Waals surface area contributed by atoms with Gasteiger partial charge in [-0.15, -0.1) is 0 Å². The molecule has 1 aromatic carbocycles. The van der Waals surface area contributed by atoms with E-state index in [4.69, 9.17) is 5.73 Å². The van der Waals surface area contributed by atoms with Crippen LogP contribution in [0.15, 0.2) is 18.2 Å². The zero-order valence-corrected chi connectivity index (χ0v) is 10.9. The van der Waals surface area contributed by atoms with Crippen LogP contribution in [0.3, 0.4) is 0 Å². The van der Waals surface area contributed by atoms with Crippen LogP contribution in [0.4, 0.5) is 8.78 Å². The van der Waals surface area contributed by atoms with Crippen LogP contribution >= 0.6 is 0 Å². The van der Waals surface area contributed by atoms with Gasteiger partial charge in [0, 0.05) is 17.6 Å². The van der Waals surface area contributed by atoms with Crippen LogP contribution < -0.4 is 5.73 Å². The molecular formula is C14H20F2N2. The molecule has 0 aromatic heterocycles. The maximum atomic E-state index is 13.9. The number of halogens is 2. The highest BCUT2D eigenvalue weighted by molar-refractivity contribution is 5.23. The van der Waals surface area contributed by atoms with Crippen molar-refractivity contribution in [2.75, 3.05) is 13.1 Å². The van der Waals surface area contributed by atoms with E-state index in [-0.39, 0.29) is 17.4 Å². The lowest BCUT2D eigenvalue weighted by Crippen LogP contribution is -2.43. The van der Waals surface area contributed by atoms with E-state index in [9.17, 15) is 8.78 Å². The minimum absolute atomic E-state index is 0.0111.